The number of amides is 1. The van der Waals surface area contributed by atoms with Gasteiger partial charge in [-0.3, -0.25) is 9.79 Å². The van der Waals surface area contributed by atoms with Gasteiger partial charge in [0.15, 0.2) is 5.17 Å². The molecule has 0 spiro atoms. The molecule has 1 aliphatic heterocycles. The fraction of sp³-hybridized carbons (Fsp3) is 0.385. The van der Waals surface area contributed by atoms with E-state index in [1.807, 2.05) is 6.07 Å². The first-order valence-corrected chi connectivity index (χ1v) is 6.98. The zero-order valence-electron chi connectivity index (χ0n) is 10.1. The third kappa shape index (κ3) is 4.07. The maximum absolute atomic E-state index is 10.6. The number of aliphatic imine (C=N–C) groups is 1. The maximum atomic E-state index is 10.6. The Balaban J connectivity index is 1.80. The van der Waals surface area contributed by atoms with Crippen LogP contribution in [0.4, 0.5) is 0 Å². The van der Waals surface area contributed by atoms with Crippen LogP contribution >= 0.6 is 11.8 Å². The average Bonchev–Trinajstić information content (AvgIpc) is 2.78. The van der Waals surface area contributed by atoms with Crippen LogP contribution in [-0.4, -0.2) is 29.4 Å². The first-order chi connectivity index (χ1) is 8.74. The second-order valence-corrected chi connectivity index (χ2v) is 5.25. The SMILES string of the molecule is NC(=O)CCN=C1NC(Cc2ccccc2)CS1. The lowest BCUT2D eigenvalue weighted by atomic mass is 10.1. The van der Waals surface area contributed by atoms with Crippen LogP contribution in [0.1, 0.15) is 12.0 Å². The van der Waals surface area contributed by atoms with Crippen LogP contribution in [0.5, 0.6) is 0 Å². The van der Waals surface area contributed by atoms with Gasteiger partial charge in [-0.1, -0.05) is 42.1 Å². The molecule has 1 aliphatic rings. The largest absolute Gasteiger partial charge is 0.370 e. The molecule has 1 saturated heterocycles. The third-order valence-electron chi connectivity index (χ3n) is 2.69. The zero-order valence-corrected chi connectivity index (χ0v) is 11.0. The molecule has 0 radical (unpaired) electrons. The smallest absolute Gasteiger partial charge is 0.219 e. The molecule has 3 N–H and O–H groups in total. The maximum Gasteiger partial charge on any atom is 0.219 e. The highest BCUT2D eigenvalue weighted by molar-refractivity contribution is 8.14. The van der Waals surface area contributed by atoms with Crippen molar-refractivity contribution in [3.05, 3.63) is 35.9 Å². The van der Waals surface area contributed by atoms with E-state index in [-0.39, 0.29) is 5.91 Å². The van der Waals surface area contributed by atoms with E-state index in [2.05, 4.69) is 34.6 Å². The van der Waals surface area contributed by atoms with Gasteiger partial charge in [0, 0.05) is 18.2 Å². The lowest BCUT2D eigenvalue weighted by molar-refractivity contribution is -0.117. The van der Waals surface area contributed by atoms with Gasteiger partial charge in [0.2, 0.25) is 5.91 Å². The minimum Gasteiger partial charge on any atom is -0.370 e. The summed E-state index contributed by atoms with van der Waals surface area (Å²) in [7, 11) is 0. The number of rotatable bonds is 5. The van der Waals surface area contributed by atoms with Crippen LogP contribution in [0.15, 0.2) is 35.3 Å². The average molecular weight is 263 g/mol. The zero-order chi connectivity index (χ0) is 12.8. The number of primary amides is 1. The number of benzene rings is 1. The lowest BCUT2D eigenvalue weighted by Gasteiger charge is -2.09. The normalized spacial score (nSPS) is 20.9. The second kappa shape index (κ2) is 6.44. The summed E-state index contributed by atoms with van der Waals surface area (Å²) in [4.78, 5) is 14.9. The number of nitrogens with two attached hydrogens (primary N) is 1. The van der Waals surface area contributed by atoms with Crippen molar-refractivity contribution in [1.29, 1.82) is 0 Å². The van der Waals surface area contributed by atoms with Gasteiger partial charge in [0.05, 0.1) is 6.54 Å². The van der Waals surface area contributed by atoms with Crippen molar-refractivity contribution in [2.75, 3.05) is 12.3 Å². The molecular weight excluding hydrogens is 246 g/mol. The Morgan fingerprint density at radius 1 is 1.44 bits per heavy atom. The van der Waals surface area contributed by atoms with Crippen LogP contribution in [0.25, 0.3) is 0 Å². The van der Waals surface area contributed by atoms with E-state index in [0.29, 0.717) is 19.0 Å². The molecule has 1 aromatic carbocycles. The number of hydrogen-bond donors (Lipinski definition) is 2. The fourth-order valence-corrected chi connectivity index (χ4v) is 2.80. The van der Waals surface area contributed by atoms with Crippen molar-refractivity contribution in [3.8, 4) is 0 Å². The highest BCUT2D eigenvalue weighted by atomic mass is 32.2. The highest BCUT2D eigenvalue weighted by Crippen LogP contribution is 2.17. The fourth-order valence-electron chi connectivity index (χ4n) is 1.80. The molecule has 0 aromatic heterocycles. The van der Waals surface area contributed by atoms with Gasteiger partial charge in [-0.15, -0.1) is 0 Å². The van der Waals surface area contributed by atoms with Gasteiger partial charge in [-0.2, -0.15) is 0 Å². The number of nitrogens with one attached hydrogen (secondary N) is 1. The number of carbonyl (C=O) groups is 1. The topological polar surface area (TPSA) is 67.5 Å². The van der Waals surface area contributed by atoms with E-state index in [4.69, 9.17) is 5.73 Å². The van der Waals surface area contributed by atoms with Crippen LogP contribution in [-0.2, 0) is 11.2 Å². The first-order valence-electron chi connectivity index (χ1n) is 6.00. The molecule has 0 aliphatic carbocycles. The van der Waals surface area contributed by atoms with Gasteiger partial charge < -0.3 is 11.1 Å². The van der Waals surface area contributed by atoms with E-state index in [1.165, 1.54) is 5.56 Å². The Hall–Kier alpha value is -1.49. The molecule has 5 heteroatoms. The molecule has 1 atom stereocenters. The van der Waals surface area contributed by atoms with Crippen molar-refractivity contribution in [1.82, 2.24) is 5.32 Å². The highest BCUT2D eigenvalue weighted by Gasteiger charge is 2.20. The van der Waals surface area contributed by atoms with Gasteiger partial charge >= 0.3 is 0 Å². The summed E-state index contributed by atoms with van der Waals surface area (Å²) < 4.78 is 0. The van der Waals surface area contributed by atoms with Gasteiger partial charge in [0.25, 0.3) is 0 Å². The number of nitrogens with zero attached hydrogens (tertiary/aromatic N) is 1. The summed E-state index contributed by atoms with van der Waals surface area (Å²) in [5, 5.41) is 4.30. The Morgan fingerprint density at radius 2 is 2.22 bits per heavy atom. The standard InChI is InChI=1S/C13H17N3OS/c14-12(17)6-7-15-13-16-11(9-18-13)8-10-4-2-1-3-5-10/h1-5,11H,6-9H2,(H2,14,17)(H,15,16). The molecule has 1 aromatic rings. The predicted molar refractivity (Wildman–Crippen MR) is 75.6 cm³/mol. The minimum atomic E-state index is -0.303. The number of hydrogen-bond acceptors (Lipinski definition) is 3. The molecular formula is C13H17N3OS. The molecule has 1 amide bonds. The van der Waals surface area contributed by atoms with Crippen molar-refractivity contribution in [3.63, 3.8) is 0 Å². The van der Waals surface area contributed by atoms with E-state index in [9.17, 15) is 4.79 Å². The number of thioether (sulfide) groups is 1. The molecule has 4 nitrogen and oxygen atoms in total. The quantitative estimate of drug-likeness (QED) is 0.838. The molecule has 2 rings (SSSR count). The Bertz CT molecular complexity index is 433. The van der Waals surface area contributed by atoms with Crippen LogP contribution in [0.3, 0.4) is 0 Å². The van der Waals surface area contributed by atoms with Crippen LogP contribution in [0.2, 0.25) is 0 Å². The van der Waals surface area contributed by atoms with E-state index in [1.54, 1.807) is 11.8 Å². The van der Waals surface area contributed by atoms with Crippen LogP contribution in [0, 0.1) is 0 Å². The van der Waals surface area contributed by atoms with Gasteiger partial charge in [-0.05, 0) is 12.0 Å². The third-order valence-corrected chi connectivity index (χ3v) is 3.78. The summed E-state index contributed by atoms with van der Waals surface area (Å²) in [6.45, 7) is 0.475. The minimum absolute atomic E-state index is 0.303. The second-order valence-electron chi connectivity index (χ2n) is 4.25. The lowest BCUT2D eigenvalue weighted by Crippen LogP contribution is -2.29. The van der Waals surface area contributed by atoms with Crippen LogP contribution < -0.4 is 11.1 Å². The van der Waals surface area contributed by atoms with Gasteiger partial charge in [0.1, 0.15) is 0 Å². The van der Waals surface area contributed by atoms with E-state index >= 15 is 0 Å². The van der Waals surface area contributed by atoms with E-state index in [0.717, 1.165) is 17.3 Å². The summed E-state index contributed by atoms with van der Waals surface area (Å²) in [5.74, 6) is 0.716. The Labute approximate surface area is 111 Å². The molecule has 18 heavy (non-hydrogen) atoms. The van der Waals surface area contributed by atoms with Gasteiger partial charge in [-0.25, -0.2) is 0 Å². The number of carbonyl (C=O) groups excluding carboxylic acids is 1. The Kier molecular flexibility index (Phi) is 4.64. The molecule has 96 valence electrons. The molecule has 1 fully saturated rings. The summed E-state index contributed by atoms with van der Waals surface area (Å²) in [6, 6.07) is 10.8. The van der Waals surface area contributed by atoms with Crippen molar-refractivity contribution >= 4 is 22.8 Å². The summed E-state index contributed by atoms with van der Waals surface area (Å²) >= 11 is 1.71. The molecule has 0 bridgehead atoms. The Morgan fingerprint density at radius 3 is 2.94 bits per heavy atom. The molecule has 1 heterocycles. The summed E-state index contributed by atoms with van der Waals surface area (Å²) in [6.07, 6.45) is 1.32. The number of amidine groups is 1. The van der Waals surface area contributed by atoms with Crippen molar-refractivity contribution < 1.29 is 4.79 Å². The molecule has 0 saturated carbocycles. The monoisotopic (exact) mass is 263 g/mol. The summed E-state index contributed by atoms with van der Waals surface area (Å²) in [5.41, 5.74) is 6.40. The van der Waals surface area contributed by atoms with Crippen molar-refractivity contribution in [2.45, 2.75) is 18.9 Å². The van der Waals surface area contributed by atoms with Crippen molar-refractivity contribution in [2.24, 2.45) is 10.7 Å². The first kappa shape index (κ1) is 13.0. The molecule has 1 unspecified atom stereocenters. The predicted octanol–water partition coefficient (Wildman–Crippen LogP) is 1.17. The van der Waals surface area contributed by atoms with E-state index < -0.39 is 0 Å².